The zero-order chi connectivity index (χ0) is 22.3. The molecule has 2 N–H and O–H groups in total. The van der Waals surface area contributed by atoms with Gasteiger partial charge in [-0.15, -0.1) is 0 Å². The van der Waals surface area contributed by atoms with Crippen LogP contribution in [0.3, 0.4) is 0 Å². The minimum atomic E-state index is -0.884. The molecule has 0 aromatic heterocycles. The molecular formula is C26H30O6. The van der Waals surface area contributed by atoms with Crippen molar-refractivity contribution in [3.8, 4) is 11.5 Å². The fourth-order valence-corrected chi connectivity index (χ4v) is 5.57. The van der Waals surface area contributed by atoms with Crippen LogP contribution in [-0.2, 0) is 21.6 Å². The van der Waals surface area contributed by atoms with Gasteiger partial charge < -0.3 is 24.4 Å². The van der Waals surface area contributed by atoms with Crippen LogP contribution in [0.4, 0.5) is 0 Å². The molecule has 2 aromatic rings. The zero-order valence-electron chi connectivity index (χ0n) is 18.4. The van der Waals surface area contributed by atoms with E-state index in [4.69, 9.17) is 19.3 Å². The number of aliphatic hydroxyl groups is 1. The van der Waals surface area contributed by atoms with E-state index < -0.39 is 11.6 Å². The largest absolute Gasteiger partial charge is 0.492 e. The Morgan fingerprint density at radius 3 is 2.75 bits per heavy atom. The van der Waals surface area contributed by atoms with Crippen LogP contribution < -0.4 is 9.47 Å². The SMILES string of the molecule is CC(O)(c1cccc2c1CC[C@H]2Oc1ccc2c(c1)OC[C@H]2CC(=O)O)C1CCOCC1. The summed E-state index contributed by atoms with van der Waals surface area (Å²) in [7, 11) is 0. The number of carboxylic acid groups (broad SMARTS) is 1. The molecule has 1 saturated heterocycles. The fourth-order valence-electron chi connectivity index (χ4n) is 5.57. The first kappa shape index (κ1) is 21.3. The number of benzene rings is 2. The Balaban J connectivity index is 1.36. The van der Waals surface area contributed by atoms with Crippen molar-refractivity contribution in [3.63, 3.8) is 0 Å². The highest BCUT2D eigenvalue weighted by Gasteiger charge is 2.39. The zero-order valence-corrected chi connectivity index (χ0v) is 18.4. The lowest BCUT2D eigenvalue weighted by molar-refractivity contribution is -0.137. The molecule has 0 bridgehead atoms. The Morgan fingerprint density at radius 2 is 1.97 bits per heavy atom. The summed E-state index contributed by atoms with van der Waals surface area (Å²) in [5.41, 5.74) is 3.40. The number of hydrogen-bond donors (Lipinski definition) is 2. The van der Waals surface area contributed by atoms with Crippen molar-refractivity contribution >= 4 is 5.97 Å². The molecule has 3 atom stereocenters. The minimum Gasteiger partial charge on any atom is -0.492 e. The molecule has 1 fully saturated rings. The third kappa shape index (κ3) is 3.86. The van der Waals surface area contributed by atoms with Gasteiger partial charge in [0.05, 0.1) is 18.6 Å². The molecule has 0 saturated carbocycles. The summed E-state index contributed by atoms with van der Waals surface area (Å²) >= 11 is 0. The summed E-state index contributed by atoms with van der Waals surface area (Å²) in [6, 6.07) is 11.9. The van der Waals surface area contributed by atoms with Gasteiger partial charge in [0.25, 0.3) is 0 Å². The van der Waals surface area contributed by atoms with Gasteiger partial charge in [0.15, 0.2) is 0 Å². The van der Waals surface area contributed by atoms with Crippen molar-refractivity contribution in [2.45, 2.75) is 56.7 Å². The molecule has 6 heteroatoms. The summed E-state index contributed by atoms with van der Waals surface area (Å²) in [6.07, 6.45) is 3.46. The molecule has 0 spiro atoms. The molecule has 0 radical (unpaired) electrons. The highest BCUT2D eigenvalue weighted by atomic mass is 16.5. The molecule has 3 aliphatic rings. The lowest BCUT2D eigenvalue weighted by Gasteiger charge is -2.37. The third-order valence-corrected chi connectivity index (χ3v) is 7.34. The maximum absolute atomic E-state index is 11.5. The molecule has 2 heterocycles. The van der Waals surface area contributed by atoms with E-state index in [1.807, 2.05) is 31.2 Å². The van der Waals surface area contributed by atoms with E-state index in [1.165, 1.54) is 5.56 Å². The molecule has 170 valence electrons. The van der Waals surface area contributed by atoms with Crippen molar-refractivity contribution in [2.75, 3.05) is 19.8 Å². The van der Waals surface area contributed by atoms with Crippen LogP contribution in [0.5, 0.6) is 11.5 Å². The number of aliphatic carboxylic acids is 1. The predicted molar refractivity (Wildman–Crippen MR) is 118 cm³/mol. The van der Waals surface area contributed by atoms with Crippen LogP contribution in [0.25, 0.3) is 0 Å². The normalized spacial score (nSPS) is 24.3. The highest BCUT2D eigenvalue weighted by molar-refractivity contribution is 5.68. The summed E-state index contributed by atoms with van der Waals surface area (Å²) in [5, 5.41) is 20.6. The van der Waals surface area contributed by atoms with Gasteiger partial charge in [-0.3, -0.25) is 4.79 Å². The Labute approximate surface area is 188 Å². The molecule has 32 heavy (non-hydrogen) atoms. The summed E-state index contributed by atoms with van der Waals surface area (Å²) in [5.74, 6) is 0.693. The van der Waals surface area contributed by atoms with E-state index in [-0.39, 0.29) is 24.4 Å². The molecule has 2 aromatic carbocycles. The number of fused-ring (bicyclic) bond motifs is 2. The summed E-state index contributed by atoms with van der Waals surface area (Å²) in [6.45, 7) is 3.74. The van der Waals surface area contributed by atoms with Gasteiger partial charge >= 0.3 is 5.97 Å². The number of hydrogen-bond acceptors (Lipinski definition) is 5. The number of ether oxygens (including phenoxy) is 3. The van der Waals surface area contributed by atoms with Crippen LogP contribution >= 0.6 is 0 Å². The summed E-state index contributed by atoms with van der Waals surface area (Å²) < 4.78 is 17.6. The smallest absolute Gasteiger partial charge is 0.304 e. The molecule has 2 aliphatic heterocycles. The molecular weight excluding hydrogens is 408 g/mol. The second-order valence-corrected chi connectivity index (χ2v) is 9.36. The average Bonchev–Trinajstić information content (AvgIpc) is 3.38. The van der Waals surface area contributed by atoms with Crippen molar-refractivity contribution in [3.05, 3.63) is 58.7 Å². The topological polar surface area (TPSA) is 85.2 Å². The van der Waals surface area contributed by atoms with Crippen molar-refractivity contribution < 1.29 is 29.2 Å². The Hall–Kier alpha value is -2.57. The first-order valence-electron chi connectivity index (χ1n) is 11.5. The van der Waals surface area contributed by atoms with E-state index in [1.54, 1.807) is 0 Å². The standard InChI is InChI=1S/C26H30O6/c1-26(29,17-9-11-30-12-10-17)22-4-2-3-21-20(22)7-8-23(21)32-18-5-6-19-16(13-25(27)28)15-31-24(19)14-18/h2-6,14,16-17,23,29H,7-13,15H2,1H3,(H,27,28)/t16-,23-,26?/m1/s1. The van der Waals surface area contributed by atoms with Crippen molar-refractivity contribution in [1.29, 1.82) is 0 Å². The van der Waals surface area contributed by atoms with Crippen LogP contribution in [0.1, 0.15) is 66.9 Å². The van der Waals surface area contributed by atoms with E-state index >= 15 is 0 Å². The molecule has 1 unspecified atom stereocenters. The van der Waals surface area contributed by atoms with Gasteiger partial charge in [-0.25, -0.2) is 0 Å². The Kier molecular flexibility index (Phi) is 5.59. The van der Waals surface area contributed by atoms with E-state index in [9.17, 15) is 9.90 Å². The van der Waals surface area contributed by atoms with E-state index in [2.05, 4.69) is 12.1 Å². The highest BCUT2D eigenvalue weighted by Crippen LogP contribution is 2.45. The lowest BCUT2D eigenvalue weighted by atomic mass is 9.76. The predicted octanol–water partition coefficient (Wildman–Crippen LogP) is 4.34. The fraction of sp³-hybridized carbons (Fsp3) is 0.500. The monoisotopic (exact) mass is 438 g/mol. The maximum atomic E-state index is 11.5. The van der Waals surface area contributed by atoms with Gasteiger partial charge in [0, 0.05) is 30.8 Å². The van der Waals surface area contributed by atoms with E-state index in [0.29, 0.717) is 25.6 Å². The van der Waals surface area contributed by atoms with Gasteiger partial charge in [-0.1, -0.05) is 24.3 Å². The average molecular weight is 439 g/mol. The van der Waals surface area contributed by atoms with Gasteiger partial charge in [0.2, 0.25) is 0 Å². The third-order valence-electron chi connectivity index (χ3n) is 7.34. The number of carbonyl (C=O) groups is 1. The van der Waals surface area contributed by atoms with Crippen LogP contribution in [0.15, 0.2) is 36.4 Å². The van der Waals surface area contributed by atoms with Gasteiger partial charge in [-0.2, -0.15) is 0 Å². The molecule has 5 rings (SSSR count). The molecule has 0 amide bonds. The van der Waals surface area contributed by atoms with E-state index in [0.717, 1.165) is 48.1 Å². The summed E-state index contributed by atoms with van der Waals surface area (Å²) in [4.78, 5) is 11.1. The molecule has 1 aliphatic carbocycles. The van der Waals surface area contributed by atoms with Crippen LogP contribution in [0, 0.1) is 5.92 Å². The maximum Gasteiger partial charge on any atom is 0.304 e. The van der Waals surface area contributed by atoms with Crippen LogP contribution in [0.2, 0.25) is 0 Å². The van der Waals surface area contributed by atoms with Crippen molar-refractivity contribution in [1.82, 2.24) is 0 Å². The number of carboxylic acids is 1. The first-order valence-corrected chi connectivity index (χ1v) is 11.5. The second kappa shape index (κ2) is 8.41. The molecule has 6 nitrogen and oxygen atoms in total. The second-order valence-electron chi connectivity index (χ2n) is 9.36. The lowest BCUT2D eigenvalue weighted by Crippen LogP contribution is -2.36. The number of rotatable bonds is 6. The van der Waals surface area contributed by atoms with Gasteiger partial charge in [0.1, 0.15) is 17.6 Å². The van der Waals surface area contributed by atoms with Crippen molar-refractivity contribution in [2.24, 2.45) is 5.92 Å². The Morgan fingerprint density at radius 1 is 1.16 bits per heavy atom. The van der Waals surface area contributed by atoms with Gasteiger partial charge in [-0.05, 0) is 61.3 Å². The Bertz CT molecular complexity index is 1010. The van der Waals surface area contributed by atoms with Crippen LogP contribution in [-0.4, -0.2) is 36.0 Å². The first-order chi connectivity index (χ1) is 15.4. The quantitative estimate of drug-likeness (QED) is 0.698. The minimum absolute atomic E-state index is 0.0685.